The van der Waals surface area contributed by atoms with E-state index in [1.54, 1.807) is 0 Å². The van der Waals surface area contributed by atoms with Crippen molar-refractivity contribution in [1.29, 1.82) is 0 Å². The number of hydrogen-bond donors (Lipinski definition) is 1. The predicted molar refractivity (Wildman–Crippen MR) is 66.4 cm³/mol. The summed E-state index contributed by atoms with van der Waals surface area (Å²) in [6.45, 7) is 4.79. The lowest BCUT2D eigenvalue weighted by atomic mass is 10.3. The summed E-state index contributed by atoms with van der Waals surface area (Å²) in [5.74, 6) is 1.24. The van der Waals surface area contributed by atoms with Crippen molar-refractivity contribution in [3.63, 3.8) is 0 Å². The number of halogens is 1. The van der Waals surface area contributed by atoms with Gasteiger partial charge in [0, 0.05) is 6.04 Å². The molecule has 1 aromatic rings. The molecule has 1 heterocycles. The summed E-state index contributed by atoms with van der Waals surface area (Å²) >= 11 is 5.82. The molecule has 2 atom stereocenters. The fourth-order valence-corrected chi connectivity index (χ4v) is 1.85. The monoisotopic (exact) mass is 256 g/mol. The molecule has 1 aliphatic rings. The van der Waals surface area contributed by atoms with E-state index in [1.807, 2.05) is 6.92 Å². The zero-order valence-electron chi connectivity index (χ0n) is 10.1. The fraction of sp³-hybridized carbons (Fsp3) is 0.727. The molecule has 1 saturated carbocycles. The first-order valence-electron chi connectivity index (χ1n) is 6.03. The molecule has 0 saturated heterocycles. The molecule has 94 valence electrons. The van der Waals surface area contributed by atoms with Gasteiger partial charge in [0.25, 0.3) is 0 Å². The number of aromatic nitrogens is 3. The van der Waals surface area contributed by atoms with Gasteiger partial charge in [0.1, 0.15) is 0 Å². The second-order valence-corrected chi connectivity index (χ2v) is 4.55. The Labute approximate surface area is 106 Å². The molecule has 0 aromatic carbocycles. The van der Waals surface area contributed by atoms with E-state index >= 15 is 0 Å². The van der Waals surface area contributed by atoms with Crippen molar-refractivity contribution in [3.8, 4) is 6.01 Å². The van der Waals surface area contributed by atoms with Crippen LogP contribution in [-0.4, -0.2) is 27.6 Å². The van der Waals surface area contributed by atoms with Gasteiger partial charge in [-0.25, -0.2) is 0 Å². The zero-order valence-corrected chi connectivity index (χ0v) is 10.9. The zero-order chi connectivity index (χ0) is 12.3. The van der Waals surface area contributed by atoms with Gasteiger partial charge in [0.2, 0.25) is 11.2 Å². The summed E-state index contributed by atoms with van der Waals surface area (Å²) in [7, 11) is 0. The number of nitrogens with zero attached hydrogens (tertiary/aromatic N) is 3. The van der Waals surface area contributed by atoms with Crippen molar-refractivity contribution in [1.82, 2.24) is 15.0 Å². The molecule has 0 aliphatic heterocycles. The van der Waals surface area contributed by atoms with E-state index in [1.165, 1.54) is 12.8 Å². The van der Waals surface area contributed by atoms with E-state index in [2.05, 4.69) is 27.2 Å². The van der Waals surface area contributed by atoms with Crippen LogP contribution in [0.1, 0.15) is 33.1 Å². The predicted octanol–water partition coefficient (Wildman–Crippen LogP) is 2.52. The Kier molecular flexibility index (Phi) is 3.99. The van der Waals surface area contributed by atoms with Gasteiger partial charge in [-0.1, -0.05) is 20.3 Å². The van der Waals surface area contributed by atoms with Crippen LogP contribution >= 0.6 is 11.6 Å². The molecular formula is C11H17ClN4O. The third kappa shape index (κ3) is 3.43. The van der Waals surface area contributed by atoms with Gasteiger partial charge in [-0.15, -0.1) is 0 Å². The Morgan fingerprint density at radius 2 is 2.18 bits per heavy atom. The first-order chi connectivity index (χ1) is 8.22. The van der Waals surface area contributed by atoms with Crippen LogP contribution in [0.5, 0.6) is 6.01 Å². The van der Waals surface area contributed by atoms with E-state index in [9.17, 15) is 0 Å². The van der Waals surface area contributed by atoms with Gasteiger partial charge in [0.05, 0.1) is 6.61 Å². The van der Waals surface area contributed by atoms with Crippen molar-refractivity contribution in [2.24, 2.45) is 5.92 Å². The van der Waals surface area contributed by atoms with E-state index in [-0.39, 0.29) is 5.28 Å². The molecule has 1 N–H and O–H groups in total. The van der Waals surface area contributed by atoms with Crippen LogP contribution < -0.4 is 10.1 Å². The van der Waals surface area contributed by atoms with Gasteiger partial charge in [-0.2, -0.15) is 15.0 Å². The molecular weight excluding hydrogens is 240 g/mol. The lowest BCUT2D eigenvalue weighted by Gasteiger charge is -2.06. The molecule has 6 heteroatoms. The van der Waals surface area contributed by atoms with E-state index < -0.39 is 0 Å². The minimum absolute atomic E-state index is 0.169. The molecule has 0 bridgehead atoms. The first kappa shape index (κ1) is 12.4. The maximum absolute atomic E-state index is 5.82. The smallest absolute Gasteiger partial charge is 0.322 e. The Hall–Kier alpha value is -1.10. The summed E-state index contributed by atoms with van der Waals surface area (Å²) < 4.78 is 5.35. The highest BCUT2D eigenvalue weighted by atomic mass is 35.5. The summed E-state index contributed by atoms with van der Waals surface area (Å²) in [6.07, 6.45) is 3.26. The number of ether oxygens (including phenoxy) is 1. The van der Waals surface area contributed by atoms with Crippen LogP contribution in [0.25, 0.3) is 0 Å². The van der Waals surface area contributed by atoms with E-state index in [0.717, 1.165) is 12.3 Å². The third-order valence-corrected chi connectivity index (χ3v) is 2.95. The largest absolute Gasteiger partial charge is 0.463 e. The van der Waals surface area contributed by atoms with Crippen molar-refractivity contribution in [2.45, 2.75) is 39.2 Å². The lowest BCUT2D eigenvalue weighted by molar-refractivity contribution is 0.291. The van der Waals surface area contributed by atoms with Crippen LogP contribution in [0.3, 0.4) is 0 Å². The third-order valence-electron chi connectivity index (χ3n) is 2.78. The standard InChI is InChI=1S/C11H17ClN4O/c1-3-5-17-11-15-9(12)14-10(16-11)13-8-6-7(8)4-2/h7-8H,3-6H2,1-2H3,(H,13,14,15,16). The fourth-order valence-electron chi connectivity index (χ4n) is 1.70. The molecule has 1 fully saturated rings. The topological polar surface area (TPSA) is 59.9 Å². The maximum atomic E-state index is 5.82. The van der Waals surface area contributed by atoms with Crippen LogP contribution in [0.15, 0.2) is 0 Å². The van der Waals surface area contributed by atoms with Gasteiger partial charge >= 0.3 is 6.01 Å². The van der Waals surface area contributed by atoms with Crippen molar-refractivity contribution >= 4 is 17.5 Å². The molecule has 5 nitrogen and oxygen atoms in total. The van der Waals surface area contributed by atoms with E-state index in [0.29, 0.717) is 24.6 Å². The lowest BCUT2D eigenvalue weighted by Crippen LogP contribution is -2.10. The normalized spacial score (nSPS) is 22.3. The van der Waals surface area contributed by atoms with Crippen molar-refractivity contribution in [2.75, 3.05) is 11.9 Å². The van der Waals surface area contributed by atoms with Gasteiger partial charge < -0.3 is 10.1 Å². The number of hydrogen-bond acceptors (Lipinski definition) is 5. The van der Waals surface area contributed by atoms with Crippen molar-refractivity contribution < 1.29 is 4.74 Å². The molecule has 1 aromatic heterocycles. The molecule has 17 heavy (non-hydrogen) atoms. The second kappa shape index (κ2) is 5.49. The SMILES string of the molecule is CCCOc1nc(Cl)nc(NC2CC2CC)n1. The van der Waals surface area contributed by atoms with Gasteiger partial charge in [-0.05, 0) is 30.4 Å². The summed E-state index contributed by atoms with van der Waals surface area (Å²) in [4.78, 5) is 12.1. The highest BCUT2D eigenvalue weighted by Gasteiger charge is 2.35. The highest BCUT2D eigenvalue weighted by Crippen LogP contribution is 2.35. The molecule has 2 rings (SSSR count). The average Bonchev–Trinajstić information content (AvgIpc) is 3.04. The minimum Gasteiger partial charge on any atom is -0.463 e. The molecule has 1 aliphatic carbocycles. The molecule has 0 spiro atoms. The minimum atomic E-state index is 0.169. The average molecular weight is 257 g/mol. The van der Waals surface area contributed by atoms with Crippen LogP contribution in [-0.2, 0) is 0 Å². The summed E-state index contributed by atoms with van der Waals surface area (Å²) in [6, 6.07) is 0.764. The van der Waals surface area contributed by atoms with Gasteiger partial charge in [-0.3, -0.25) is 0 Å². The van der Waals surface area contributed by atoms with Crippen molar-refractivity contribution in [3.05, 3.63) is 5.28 Å². The number of rotatable bonds is 6. The first-order valence-corrected chi connectivity index (χ1v) is 6.41. The summed E-state index contributed by atoms with van der Waals surface area (Å²) in [5, 5.41) is 3.42. The summed E-state index contributed by atoms with van der Waals surface area (Å²) in [5.41, 5.74) is 0. The van der Waals surface area contributed by atoms with Crippen LogP contribution in [0.2, 0.25) is 5.28 Å². The molecule has 0 amide bonds. The maximum Gasteiger partial charge on any atom is 0.322 e. The Bertz CT molecular complexity index is 388. The number of nitrogens with one attached hydrogen (secondary N) is 1. The van der Waals surface area contributed by atoms with Crippen LogP contribution in [0, 0.1) is 5.92 Å². The molecule has 0 radical (unpaired) electrons. The molecule has 2 unspecified atom stereocenters. The number of anilines is 1. The van der Waals surface area contributed by atoms with Gasteiger partial charge in [0.15, 0.2) is 0 Å². The Morgan fingerprint density at radius 3 is 2.82 bits per heavy atom. The van der Waals surface area contributed by atoms with Crippen LogP contribution in [0.4, 0.5) is 5.95 Å². The Balaban J connectivity index is 1.99. The highest BCUT2D eigenvalue weighted by molar-refractivity contribution is 6.28. The quantitative estimate of drug-likeness (QED) is 0.848. The Morgan fingerprint density at radius 1 is 1.35 bits per heavy atom. The second-order valence-electron chi connectivity index (χ2n) is 4.21. The van der Waals surface area contributed by atoms with E-state index in [4.69, 9.17) is 16.3 Å².